The molecule has 1 aliphatic heterocycles. The summed E-state index contributed by atoms with van der Waals surface area (Å²) in [7, 11) is 0. The highest BCUT2D eigenvalue weighted by Crippen LogP contribution is 2.14. The molecule has 0 unspecified atom stereocenters. The molecule has 0 atom stereocenters. The first kappa shape index (κ1) is 12.3. The van der Waals surface area contributed by atoms with E-state index in [-0.39, 0.29) is 0 Å². The molecular formula is C13H22N4. The third-order valence-corrected chi connectivity index (χ3v) is 2.99. The SMILES string of the molecule is CC(C)Cc1cc(N2CCCNCC2)ncn1. The van der Waals surface area contributed by atoms with Gasteiger partial charge < -0.3 is 10.2 Å². The van der Waals surface area contributed by atoms with Crippen LogP contribution in [0.5, 0.6) is 0 Å². The van der Waals surface area contributed by atoms with Crippen molar-refractivity contribution in [2.24, 2.45) is 5.92 Å². The molecule has 94 valence electrons. The van der Waals surface area contributed by atoms with Crippen molar-refractivity contribution < 1.29 is 0 Å². The summed E-state index contributed by atoms with van der Waals surface area (Å²) < 4.78 is 0. The number of nitrogens with zero attached hydrogens (tertiary/aromatic N) is 3. The number of rotatable bonds is 3. The number of aromatic nitrogens is 2. The topological polar surface area (TPSA) is 41.0 Å². The summed E-state index contributed by atoms with van der Waals surface area (Å²) in [5, 5.41) is 3.41. The minimum Gasteiger partial charge on any atom is -0.355 e. The summed E-state index contributed by atoms with van der Waals surface area (Å²) in [5.41, 5.74) is 1.15. The fraction of sp³-hybridized carbons (Fsp3) is 0.692. The molecule has 0 spiro atoms. The van der Waals surface area contributed by atoms with E-state index in [1.54, 1.807) is 6.33 Å². The molecule has 0 bridgehead atoms. The van der Waals surface area contributed by atoms with Crippen LogP contribution in [0.2, 0.25) is 0 Å². The molecule has 1 aromatic heterocycles. The smallest absolute Gasteiger partial charge is 0.132 e. The second kappa shape index (κ2) is 5.96. The lowest BCUT2D eigenvalue weighted by molar-refractivity contribution is 0.633. The van der Waals surface area contributed by atoms with Crippen LogP contribution in [0.15, 0.2) is 12.4 Å². The van der Waals surface area contributed by atoms with Crippen molar-refractivity contribution >= 4 is 5.82 Å². The Labute approximate surface area is 103 Å². The van der Waals surface area contributed by atoms with Crippen LogP contribution in [0, 0.1) is 5.92 Å². The molecule has 17 heavy (non-hydrogen) atoms. The molecule has 2 rings (SSSR count). The van der Waals surface area contributed by atoms with Gasteiger partial charge >= 0.3 is 0 Å². The molecule has 4 nitrogen and oxygen atoms in total. The maximum Gasteiger partial charge on any atom is 0.132 e. The highest BCUT2D eigenvalue weighted by atomic mass is 15.2. The average Bonchev–Trinajstić information content (AvgIpc) is 2.57. The van der Waals surface area contributed by atoms with Gasteiger partial charge in [-0.1, -0.05) is 13.8 Å². The third-order valence-electron chi connectivity index (χ3n) is 2.99. The van der Waals surface area contributed by atoms with Crippen LogP contribution >= 0.6 is 0 Å². The molecule has 4 heteroatoms. The van der Waals surface area contributed by atoms with Crippen molar-refractivity contribution in [1.29, 1.82) is 0 Å². The van der Waals surface area contributed by atoms with Gasteiger partial charge in [-0.2, -0.15) is 0 Å². The minimum absolute atomic E-state index is 0.642. The zero-order chi connectivity index (χ0) is 12.1. The van der Waals surface area contributed by atoms with Gasteiger partial charge in [-0.15, -0.1) is 0 Å². The standard InChI is InChI=1S/C13H22N4/c1-11(2)8-12-9-13(16-10-15-12)17-6-3-4-14-5-7-17/h9-11,14H,3-8H2,1-2H3. The molecule has 1 aliphatic rings. The zero-order valence-electron chi connectivity index (χ0n) is 10.8. The summed E-state index contributed by atoms with van der Waals surface area (Å²) in [6.45, 7) is 8.72. The molecule has 1 aromatic rings. The summed E-state index contributed by atoms with van der Waals surface area (Å²) in [5.74, 6) is 1.72. The summed E-state index contributed by atoms with van der Waals surface area (Å²) in [4.78, 5) is 11.1. The van der Waals surface area contributed by atoms with Crippen molar-refractivity contribution in [1.82, 2.24) is 15.3 Å². The number of hydrogen-bond acceptors (Lipinski definition) is 4. The van der Waals surface area contributed by atoms with E-state index in [2.05, 4.69) is 40.1 Å². The van der Waals surface area contributed by atoms with Crippen LogP contribution in [-0.2, 0) is 6.42 Å². The Hall–Kier alpha value is -1.16. The van der Waals surface area contributed by atoms with E-state index in [0.29, 0.717) is 5.92 Å². The normalized spacial score (nSPS) is 17.2. The number of anilines is 1. The zero-order valence-corrected chi connectivity index (χ0v) is 10.8. The Kier molecular flexibility index (Phi) is 4.31. The maximum atomic E-state index is 4.40. The molecule has 0 aliphatic carbocycles. The Morgan fingerprint density at radius 3 is 3.00 bits per heavy atom. The summed E-state index contributed by atoms with van der Waals surface area (Å²) in [6, 6.07) is 2.14. The fourth-order valence-electron chi connectivity index (χ4n) is 2.16. The Morgan fingerprint density at radius 1 is 1.29 bits per heavy atom. The summed E-state index contributed by atoms with van der Waals surface area (Å²) >= 11 is 0. The highest BCUT2D eigenvalue weighted by molar-refractivity contribution is 5.39. The van der Waals surface area contributed by atoms with Gasteiger partial charge in [0.05, 0.1) is 0 Å². The van der Waals surface area contributed by atoms with Gasteiger partial charge in [-0.05, 0) is 25.3 Å². The lowest BCUT2D eigenvalue weighted by atomic mass is 10.1. The Morgan fingerprint density at radius 2 is 2.18 bits per heavy atom. The van der Waals surface area contributed by atoms with E-state index in [1.165, 1.54) is 6.42 Å². The van der Waals surface area contributed by atoms with E-state index < -0.39 is 0 Å². The van der Waals surface area contributed by atoms with Crippen LogP contribution in [0.4, 0.5) is 5.82 Å². The molecule has 1 saturated heterocycles. The largest absolute Gasteiger partial charge is 0.355 e. The number of hydrogen-bond donors (Lipinski definition) is 1. The lowest BCUT2D eigenvalue weighted by Gasteiger charge is -2.21. The molecule has 1 N–H and O–H groups in total. The van der Waals surface area contributed by atoms with E-state index in [4.69, 9.17) is 0 Å². The van der Waals surface area contributed by atoms with E-state index in [1.807, 2.05) is 0 Å². The monoisotopic (exact) mass is 234 g/mol. The first-order valence-electron chi connectivity index (χ1n) is 6.52. The van der Waals surface area contributed by atoms with Crippen LogP contribution in [0.1, 0.15) is 26.0 Å². The van der Waals surface area contributed by atoms with Gasteiger partial charge in [-0.3, -0.25) is 0 Å². The Balaban J connectivity index is 2.08. The molecule has 1 fully saturated rings. The van der Waals surface area contributed by atoms with Gasteiger partial charge in [0, 0.05) is 31.4 Å². The van der Waals surface area contributed by atoms with Gasteiger partial charge in [0.2, 0.25) is 0 Å². The predicted octanol–water partition coefficient (Wildman–Crippen LogP) is 1.47. The van der Waals surface area contributed by atoms with Crippen molar-refractivity contribution in [2.45, 2.75) is 26.7 Å². The quantitative estimate of drug-likeness (QED) is 0.860. The summed E-state index contributed by atoms with van der Waals surface area (Å²) in [6.07, 6.45) is 3.91. The van der Waals surface area contributed by atoms with Crippen molar-refractivity contribution in [3.8, 4) is 0 Å². The molecule has 0 saturated carbocycles. The van der Waals surface area contributed by atoms with E-state index >= 15 is 0 Å². The van der Waals surface area contributed by atoms with E-state index in [0.717, 1.165) is 44.1 Å². The lowest BCUT2D eigenvalue weighted by Crippen LogP contribution is -2.28. The van der Waals surface area contributed by atoms with Gasteiger partial charge in [-0.25, -0.2) is 9.97 Å². The fourth-order valence-corrected chi connectivity index (χ4v) is 2.16. The molecule has 0 radical (unpaired) electrons. The van der Waals surface area contributed by atoms with Gasteiger partial charge in [0.1, 0.15) is 12.1 Å². The first-order chi connectivity index (χ1) is 8.25. The predicted molar refractivity (Wildman–Crippen MR) is 70.3 cm³/mol. The van der Waals surface area contributed by atoms with Crippen LogP contribution in [0.3, 0.4) is 0 Å². The van der Waals surface area contributed by atoms with Crippen molar-refractivity contribution in [3.05, 3.63) is 18.1 Å². The second-order valence-corrected chi connectivity index (χ2v) is 5.06. The van der Waals surface area contributed by atoms with Crippen molar-refractivity contribution in [2.75, 3.05) is 31.1 Å². The third kappa shape index (κ3) is 3.66. The van der Waals surface area contributed by atoms with Crippen LogP contribution < -0.4 is 10.2 Å². The Bertz CT molecular complexity index is 343. The molecular weight excluding hydrogens is 212 g/mol. The van der Waals surface area contributed by atoms with E-state index in [9.17, 15) is 0 Å². The molecule has 2 heterocycles. The average molecular weight is 234 g/mol. The van der Waals surface area contributed by atoms with Crippen molar-refractivity contribution in [3.63, 3.8) is 0 Å². The van der Waals surface area contributed by atoms with Gasteiger partial charge in [0.25, 0.3) is 0 Å². The highest BCUT2D eigenvalue weighted by Gasteiger charge is 2.11. The van der Waals surface area contributed by atoms with Crippen LogP contribution in [-0.4, -0.2) is 36.1 Å². The maximum absolute atomic E-state index is 4.40. The molecule has 0 aromatic carbocycles. The molecule has 0 amide bonds. The second-order valence-electron chi connectivity index (χ2n) is 5.06. The first-order valence-corrected chi connectivity index (χ1v) is 6.52. The van der Waals surface area contributed by atoms with Gasteiger partial charge in [0.15, 0.2) is 0 Å². The number of nitrogens with one attached hydrogen (secondary N) is 1. The van der Waals surface area contributed by atoms with Crippen LogP contribution in [0.25, 0.3) is 0 Å². The minimum atomic E-state index is 0.642.